The van der Waals surface area contributed by atoms with Crippen LogP contribution in [0, 0.1) is 17.9 Å². The van der Waals surface area contributed by atoms with E-state index in [1.807, 2.05) is 42.5 Å². The van der Waals surface area contributed by atoms with Crippen LogP contribution in [0.5, 0.6) is 0 Å². The third kappa shape index (κ3) is 4.42. The fourth-order valence-corrected chi connectivity index (χ4v) is 7.57. The summed E-state index contributed by atoms with van der Waals surface area (Å²) >= 11 is 0. The molecule has 8 aromatic carbocycles. The Labute approximate surface area is 284 Å². The second kappa shape index (κ2) is 11.4. The van der Waals surface area contributed by atoms with Crippen molar-refractivity contribution >= 4 is 49.0 Å². The van der Waals surface area contributed by atoms with Gasteiger partial charge in [0.2, 0.25) is 0 Å². The summed E-state index contributed by atoms with van der Waals surface area (Å²) in [5, 5.41) is 16.5. The molecule has 1 aromatic heterocycles. The molecule has 0 aliphatic heterocycles. The highest BCUT2D eigenvalue weighted by Crippen LogP contribution is 2.47. The van der Waals surface area contributed by atoms with Crippen molar-refractivity contribution in [2.75, 3.05) is 0 Å². The Morgan fingerprint density at radius 3 is 1.71 bits per heavy atom. The molecule has 0 spiro atoms. The number of hydrogen-bond acceptors (Lipinski definition) is 1. The number of aromatic nitrogens is 1. The Morgan fingerprint density at radius 2 is 1.04 bits per heavy atom. The van der Waals surface area contributed by atoms with Crippen LogP contribution in [-0.4, -0.2) is 4.57 Å². The number of hydrogen-bond donors (Lipinski definition) is 0. The zero-order chi connectivity index (χ0) is 32.9. The summed E-state index contributed by atoms with van der Waals surface area (Å²) in [6.07, 6.45) is 0. The highest BCUT2D eigenvalue weighted by atomic mass is 15.0. The number of nitriles is 1. The van der Waals surface area contributed by atoms with Gasteiger partial charge in [-0.15, -0.1) is 0 Å². The quantitative estimate of drug-likeness (QED) is 0.142. The SMILES string of the molecule is [C-]#[N+]c1ccc(-n2c3ccccc3c3cc(C#N)ccc32)cc1-c1ccccc1-c1c2ccccc2c(-c2ccccc2)c2ccccc12. The molecule has 3 nitrogen and oxygen atoms in total. The molecule has 0 aliphatic carbocycles. The summed E-state index contributed by atoms with van der Waals surface area (Å²) in [5.74, 6) is 0. The van der Waals surface area contributed by atoms with Crippen LogP contribution in [0.2, 0.25) is 0 Å². The van der Waals surface area contributed by atoms with Gasteiger partial charge in [0.25, 0.3) is 0 Å². The summed E-state index contributed by atoms with van der Waals surface area (Å²) < 4.78 is 2.24. The molecule has 0 radical (unpaired) electrons. The van der Waals surface area contributed by atoms with Crippen LogP contribution in [0.1, 0.15) is 5.56 Å². The lowest BCUT2D eigenvalue weighted by Crippen LogP contribution is -1.96. The maximum Gasteiger partial charge on any atom is 0.195 e. The van der Waals surface area contributed by atoms with Crippen LogP contribution >= 0.6 is 0 Å². The van der Waals surface area contributed by atoms with Crippen LogP contribution in [-0.2, 0) is 0 Å². The zero-order valence-electron chi connectivity index (χ0n) is 26.4. The topological polar surface area (TPSA) is 33.1 Å². The monoisotopic (exact) mass is 621 g/mol. The third-order valence-electron chi connectivity index (χ3n) is 9.64. The number of fused-ring (bicyclic) bond motifs is 5. The average molecular weight is 622 g/mol. The van der Waals surface area contributed by atoms with Gasteiger partial charge in [-0.1, -0.05) is 127 Å². The van der Waals surface area contributed by atoms with Gasteiger partial charge in [0, 0.05) is 16.5 Å². The lowest BCUT2D eigenvalue weighted by atomic mass is 9.83. The van der Waals surface area contributed by atoms with E-state index in [1.54, 1.807) is 0 Å². The molecule has 0 unspecified atom stereocenters. The molecule has 226 valence electrons. The fourth-order valence-electron chi connectivity index (χ4n) is 7.57. The minimum absolute atomic E-state index is 0.596. The van der Waals surface area contributed by atoms with E-state index in [1.165, 1.54) is 32.7 Å². The third-order valence-corrected chi connectivity index (χ3v) is 9.64. The maximum absolute atomic E-state index is 9.65. The van der Waals surface area contributed by atoms with Crippen molar-refractivity contribution in [1.82, 2.24) is 4.57 Å². The van der Waals surface area contributed by atoms with Crippen molar-refractivity contribution in [1.29, 1.82) is 5.26 Å². The van der Waals surface area contributed by atoms with Gasteiger partial charge in [-0.05, 0) is 91.3 Å². The number of nitrogens with zero attached hydrogens (tertiary/aromatic N) is 3. The molecule has 0 aliphatic rings. The van der Waals surface area contributed by atoms with Gasteiger partial charge >= 0.3 is 0 Å². The van der Waals surface area contributed by atoms with Gasteiger partial charge in [-0.25, -0.2) is 4.85 Å². The molecule has 49 heavy (non-hydrogen) atoms. The van der Waals surface area contributed by atoms with E-state index in [2.05, 4.69) is 137 Å². The Bertz CT molecular complexity index is 2790. The van der Waals surface area contributed by atoms with Gasteiger partial charge < -0.3 is 4.57 Å². The van der Waals surface area contributed by atoms with E-state index in [4.69, 9.17) is 6.57 Å². The van der Waals surface area contributed by atoms with Gasteiger partial charge in [0.1, 0.15) is 0 Å². The normalized spacial score (nSPS) is 11.2. The molecule has 3 heteroatoms. The minimum atomic E-state index is 0.596. The highest BCUT2D eigenvalue weighted by Gasteiger charge is 2.21. The summed E-state index contributed by atoms with van der Waals surface area (Å²) in [6.45, 7) is 8.23. The lowest BCUT2D eigenvalue weighted by Gasteiger charge is -2.20. The minimum Gasteiger partial charge on any atom is -0.309 e. The fraction of sp³-hybridized carbons (Fsp3) is 0. The first-order chi connectivity index (χ1) is 24.2. The number of para-hydroxylation sites is 1. The molecule has 0 N–H and O–H groups in total. The molecule has 0 fully saturated rings. The van der Waals surface area contributed by atoms with Crippen molar-refractivity contribution in [3.8, 4) is 45.1 Å². The van der Waals surface area contributed by atoms with Crippen molar-refractivity contribution in [2.45, 2.75) is 0 Å². The average Bonchev–Trinajstić information content (AvgIpc) is 3.50. The number of benzene rings is 8. The number of rotatable bonds is 4. The standard InChI is InChI=1S/C46H27N3/c1-48-42-25-24-32(49-43-22-12-11-16-34(43)41-27-30(29-47)23-26-44(41)49)28-40(42)33-15-5-6-17-35(33)46-38-20-9-7-18-36(38)45(31-13-3-2-4-14-31)37-19-8-10-21-39(37)46/h2-28H. The van der Waals surface area contributed by atoms with Crippen molar-refractivity contribution in [3.05, 3.63) is 181 Å². The lowest BCUT2D eigenvalue weighted by molar-refractivity contribution is 1.18. The van der Waals surface area contributed by atoms with E-state index in [0.717, 1.165) is 49.7 Å². The summed E-state index contributed by atoms with van der Waals surface area (Å²) in [4.78, 5) is 4.03. The molecule has 9 rings (SSSR count). The predicted octanol–water partition coefficient (Wildman–Crippen LogP) is 12.5. The molecule has 0 amide bonds. The Kier molecular flexibility index (Phi) is 6.58. The Morgan fingerprint density at radius 1 is 0.469 bits per heavy atom. The molecule has 0 saturated carbocycles. The second-order valence-corrected chi connectivity index (χ2v) is 12.3. The molecular weight excluding hydrogens is 595 g/mol. The predicted molar refractivity (Wildman–Crippen MR) is 203 cm³/mol. The van der Waals surface area contributed by atoms with Gasteiger partial charge in [0.05, 0.1) is 29.2 Å². The van der Waals surface area contributed by atoms with E-state index in [-0.39, 0.29) is 0 Å². The smallest absolute Gasteiger partial charge is 0.195 e. The molecule has 9 aromatic rings. The Balaban J connectivity index is 1.34. The van der Waals surface area contributed by atoms with Crippen LogP contribution in [0.15, 0.2) is 164 Å². The molecule has 1 heterocycles. The largest absolute Gasteiger partial charge is 0.309 e. The summed E-state index contributed by atoms with van der Waals surface area (Å²) in [6, 6.07) is 59.0. The van der Waals surface area contributed by atoms with Crippen LogP contribution in [0.25, 0.3) is 87.3 Å². The Hall–Kier alpha value is -6.94. The highest BCUT2D eigenvalue weighted by molar-refractivity contribution is 6.22. The van der Waals surface area contributed by atoms with E-state index in [0.29, 0.717) is 11.3 Å². The van der Waals surface area contributed by atoms with Gasteiger partial charge in [-0.2, -0.15) is 5.26 Å². The van der Waals surface area contributed by atoms with Crippen molar-refractivity contribution in [2.24, 2.45) is 0 Å². The van der Waals surface area contributed by atoms with E-state index < -0.39 is 0 Å². The molecule has 0 bridgehead atoms. The van der Waals surface area contributed by atoms with Crippen LogP contribution in [0.4, 0.5) is 5.69 Å². The second-order valence-electron chi connectivity index (χ2n) is 12.3. The molecular formula is C46H27N3. The van der Waals surface area contributed by atoms with Gasteiger partial charge in [0.15, 0.2) is 5.69 Å². The first-order valence-electron chi connectivity index (χ1n) is 16.3. The van der Waals surface area contributed by atoms with Crippen molar-refractivity contribution < 1.29 is 0 Å². The summed E-state index contributed by atoms with van der Waals surface area (Å²) in [7, 11) is 0. The van der Waals surface area contributed by atoms with Crippen LogP contribution in [0.3, 0.4) is 0 Å². The van der Waals surface area contributed by atoms with Crippen molar-refractivity contribution in [3.63, 3.8) is 0 Å². The molecule has 0 saturated heterocycles. The van der Waals surface area contributed by atoms with E-state index >= 15 is 0 Å². The maximum atomic E-state index is 9.65. The first kappa shape index (κ1) is 28.3. The van der Waals surface area contributed by atoms with Crippen LogP contribution < -0.4 is 0 Å². The van der Waals surface area contributed by atoms with E-state index in [9.17, 15) is 5.26 Å². The summed E-state index contributed by atoms with van der Waals surface area (Å²) in [5.41, 5.74) is 10.8. The molecule has 0 atom stereocenters. The first-order valence-corrected chi connectivity index (χ1v) is 16.3. The van der Waals surface area contributed by atoms with Gasteiger partial charge in [-0.3, -0.25) is 0 Å². The zero-order valence-corrected chi connectivity index (χ0v) is 26.4.